The lowest BCUT2D eigenvalue weighted by molar-refractivity contribution is -0.0997. The van der Waals surface area contributed by atoms with Gasteiger partial charge in [-0.05, 0) is 58.7 Å². The third-order valence-corrected chi connectivity index (χ3v) is 3.99. The van der Waals surface area contributed by atoms with Crippen LogP contribution in [-0.2, 0) is 20.6 Å². The summed E-state index contributed by atoms with van der Waals surface area (Å²) < 4.78 is 26.0. The molecule has 0 saturated heterocycles. The Balaban J connectivity index is 1.90. The molecule has 0 saturated carbocycles. The van der Waals surface area contributed by atoms with Crippen molar-refractivity contribution in [1.29, 1.82) is 0 Å². The Morgan fingerprint density at radius 1 is 1.14 bits per heavy atom. The molecule has 1 heterocycles. The van der Waals surface area contributed by atoms with Gasteiger partial charge in [0.05, 0.1) is 0 Å². The maximum atomic E-state index is 12.5. The summed E-state index contributed by atoms with van der Waals surface area (Å²) in [7, 11) is 0. The van der Waals surface area contributed by atoms with Crippen molar-refractivity contribution >= 4 is 12.2 Å². The van der Waals surface area contributed by atoms with Gasteiger partial charge in [0, 0.05) is 19.5 Å². The van der Waals surface area contributed by atoms with Crippen LogP contribution in [0.2, 0.25) is 0 Å². The number of rotatable bonds is 6. The number of nitrogens with zero attached hydrogens (tertiary/aromatic N) is 1. The zero-order valence-corrected chi connectivity index (χ0v) is 17.3. The van der Waals surface area contributed by atoms with Crippen LogP contribution >= 0.6 is 0 Å². The van der Waals surface area contributed by atoms with Crippen LogP contribution in [0.5, 0.6) is 11.5 Å². The zero-order valence-electron chi connectivity index (χ0n) is 17.3. The summed E-state index contributed by atoms with van der Waals surface area (Å²) >= 11 is 0. The molecule has 1 amide bonds. The van der Waals surface area contributed by atoms with Gasteiger partial charge in [0.1, 0.15) is 5.60 Å². The minimum Gasteiger partial charge on any atom is -0.454 e. The summed E-state index contributed by atoms with van der Waals surface area (Å²) in [6.07, 6.45) is -1.90. The molecule has 0 aliphatic carbocycles. The lowest BCUT2D eigenvalue weighted by Gasteiger charge is -2.29. The van der Waals surface area contributed by atoms with Crippen LogP contribution in [-0.4, -0.2) is 48.4 Å². The number of hydrogen-bond acceptors (Lipinski definition) is 7. The number of carbonyl (C=O) groups excluding carboxylic acids is 2. The first-order chi connectivity index (χ1) is 13.1. The fourth-order valence-electron chi connectivity index (χ4n) is 2.78. The fourth-order valence-corrected chi connectivity index (χ4v) is 2.78. The van der Waals surface area contributed by atoms with E-state index in [0.29, 0.717) is 18.7 Å². The average Bonchev–Trinajstić information content (AvgIpc) is 3.00. The standard InChI is InChI=1S/C20H29NO7/c1-7-21(18(22)26-14(3)27-19(23)28-20(4,5)6)13(2)10-15-8-9-16-17(11-15)25-12-24-16/h8-9,11,13-14H,7,10,12H2,1-6H3. The highest BCUT2D eigenvalue weighted by atomic mass is 16.8. The van der Waals surface area contributed by atoms with Crippen molar-refractivity contribution in [3.8, 4) is 11.5 Å². The van der Waals surface area contributed by atoms with E-state index < -0.39 is 24.1 Å². The normalized spacial score (nSPS) is 14.8. The second kappa shape index (κ2) is 9.03. The predicted octanol–water partition coefficient (Wildman–Crippen LogP) is 4.10. The number of amides is 1. The van der Waals surface area contributed by atoms with Crippen molar-refractivity contribution in [2.24, 2.45) is 0 Å². The fraction of sp³-hybridized carbons (Fsp3) is 0.600. The molecule has 1 aliphatic heterocycles. The molecular formula is C20H29NO7. The van der Waals surface area contributed by atoms with E-state index in [4.69, 9.17) is 23.7 Å². The van der Waals surface area contributed by atoms with Crippen molar-refractivity contribution in [3.63, 3.8) is 0 Å². The Bertz CT molecular complexity index is 698. The van der Waals surface area contributed by atoms with Gasteiger partial charge in [-0.25, -0.2) is 9.59 Å². The van der Waals surface area contributed by atoms with Gasteiger partial charge in [0.2, 0.25) is 13.1 Å². The van der Waals surface area contributed by atoms with Crippen LogP contribution in [0.25, 0.3) is 0 Å². The maximum absolute atomic E-state index is 12.5. The monoisotopic (exact) mass is 395 g/mol. The van der Waals surface area contributed by atoms with Crippen LogP contribution in [0.1, 0.15) is 47.1 Å². The Morgan fingerprint density at radius 2 is 1.82 bits per heavy atom. The molecule has 0 aromatic heterocycles. The molecule has 8 heteroatoms. The molecule has 1 aromatic carbocycles. The molecule has 0 N–H and O–H groups in total. The van der Waals surface area contributed by atoms with E-state index in [-0.39, 0.29) is 12.8 Å². The van der Waals surface area contributed by atoms with Crippen LogP contribution in [0, 0.1) is 0 Å². The first-order valence-corrected chi connectivity index (χ1v) is 9.34. The van der Waals surface area contributed by atoms with Gasteiger partial charge < -0.3 is 28.6 Å². The van der Waals surface area contributed by atoms with Crippen molar-refractivity contribution < 1.29 is 33.3 Å². The molecule has 0 fully saturated rings. The number of ether oxygens (including phenoxy) is 5. The molecule has 1 aromatic rings. The van der Waals surface area contributed by atoms with E-state index in [1.165, 1.54) is 6.92 Å². The molecule has 0 spiro atoms. The summed E-state index contributed by atoms with van der Waals surface area (Å²) in [4.78, 5) is 25.8. The summed E-state index contributed by atoms with van der Waals surface area (Å²) in [6.45, 7) is 11.1. The van der Waals surface area contributed by atoms with Crippen LogP contribution in [0.3, 0.4) is 0 Å². The van der Waals surface area contributed by atoms with Gasteiger partial charge in [-0.15, -0.1) is 0 Å². The lowest BCUT2D eigenvalue weighted by atomic mass is 10.1. The third kappa shape index (κ3) is 6.21. The molecule has 8 nitrogen and oxygen atoms in total. The molecule has 28 heavy (non-hydrogen) atoms. The smallest absolute Gasteiger partial charge is 0.454 e. The number of fused-ring (bicyclic) bond motifs is 1. The zero-order chi connectivity index (χ0) is 20.9. The summed E-state index contributed by atoms with van der Waals surface area (Å²) in [5.74, 6) is 1.42. The summed E-state index contributed by atoms with van der Waals surface area (Å²) in [5, 5.41) is 0. The molecule has 1 aliphatic rings. The van der Waals surface area contributed by atoms with Gasteiger partial charge in [0.15, 0.2) is 11.5 Å². The van der Waals surface area contributed by atoms with Crippen molar-refractivity contribution in [2.75, 3.05) is 13.3 Å². The molecule has 156 valence electrons. The van der Waals surface area contributed by atoms with Crippen molar-refractivity contribution in [2.45, 2.75) is 65.9 Å². The minimum atomic E-state index is -1.06. The molecular weight excluding hydrogens is 366 g/mol. The Morgan fingerprint density at radius 3 is 2.46 bits per heavy atom. The average molecular weight is 395 g/mol. The molecule has 2 unspecified atom stereocenters. The Kier molecular flexibility index (Phi) is 6.99. The predicted molar refractivity (Wildman–Crippen MR) is 101 cm³/mol. The topological polar surface area (TPSA) is 83.5 Å². The van der Waals surface area contributed by atoms with Crippen molar-refractivity contribution in [3.05, 3.63) is 23.8 Å². The van der Waals surface area contributed by atoms with Gasteiger partial charge in [-0.1, -0.05) is 6.07 Å². The SMILES string of the molecule is CCN(C(=O)OC(C)OC(=O)OC(C)(C)C)C(C)Cc1ccc2c(c1)OCO2. The highest BCUT2D eigenvalue weighted by Gasteiger charge is 2.26. The summed E-state index contributed by atoms with van der Waals surface area (Å²) in [5.41, 5.74) is 0.330. The van der Waals surface area contributed by atoms with Gasteiger partial charge in [0.25, 0.3) is 0 Å². The van der Waals surface area contributed by atoms with Crippen LogP contribution in [0.15, 0.2) is 18.2 Å². The summed E-state index contributed by atoms with van der Waals surface area (Å²) in [6, 6.07) is 5.57. The van der Waals surface area contributed by atoms with Crippen LogP contribution in [0.4, 0.5) is 9.59 Å². The first-order valence-electron chi connectivity index (χ1n) is 9.34. The number of likely N-dealkylation sites (N-methyl/N-ethyl adjacent to an activating group) is 1. The Labute approximate surface area is 165 Å². The van der Waals surface area contributed by atoms with Gasteiger partial charge in [-0.3, -0.25) is 0 Å². The van der Waals surface area contributed by atoms with E-state index in [1.807, 2.05) is 32.0 Å². The largest absolute Gasteiger partial charge is 0.511 e. The van der Waals surface area contributed by atoms with E-state index in [1.54, 1.807) is 25.7 Å². The molecule has 2 rings (SSSR count). The minimum absolute atomic E-state index is 0.133. The molecule has 0 bridgehead atoms. The quantitative estimate of drug-likeness (QED) is 0.529. The molecule has 2 atom stereocenters. The second-order valence-corrected chi connectivity index (χ2v) is 7.56. The Hall–Kier alpha value is -2.64. The third-order valence-electron chi connectivity index (χ3n) is 3.99. The van der Waals surface area contributed by atoms with Gasteiger partial charge in [-0.2, -0.15) is 0 Å². The van der Waals surface area contributed by atoms with E-state index >= 15 is 0 Å². The van der Waals surface area contributed by atoms with E-state index in [2.05, 4.69) is 0 Å². The highest BCUT2D eigenvalue weighted by molar-refractivity contribution is 5.68. The second-order valence-electron chi connectivity index (χ2n) is 7.56. The number of benzene rings is 1. The highest BCUT2D eigenvalue weighted by Crippen LogP contribution is 2.33. The van der Waals surface area contributed by atoms with E-state index in [0.717, 1.165) is 11.3 Å². The van der Waals surface area contributed by atoms with Crippen LogP contribution < -0.4 is 9.47 Å². The number of hydrogen-bond donors (Lipinski definition) is 0. The first kappa shape index (κ1) is 21.7. The molecule has 0 radical (unpaired) electrons. The maximum Gasteiger partial charge on any atom is 0.511 e. The van der Waals surface area contributed by atoms with Crippen molar-refractivity contribution in [1.82, 2.24) is 4.90 Å². The number of carbonyl (C=O) groups is 2. The van der Waals surface area contributed by atoms with Gasteiger partial charge >= 0.3 is 12.2 Å². The lowest BCUT2D eigenvalue weighted by Crippen LogP contribution is -2.42. The van der Waals surface area contributed by atoms with E-state index in [9.17, 15) is 9.59 Å².